The quantitative estimate of drug-likeness (QED) is 0.625. The predicted octanol–water partition coefficient (Wildman–Crippen LogP) is 0.772. The number of urea groups is 1. The maximum absolute atomic E-state index is 13.0. The molecule has 1 atom stereocenters. The van der Waals surface area contributed by atoms with Crippen molar-refractivity contribution in [3.8, 4) is 5.75 Å². The van der Waals surface area contributed by atoms with Crippen molar-refractivity contribution in [1.29, 1.82) is 0 Å². The molecule has 0 aliphatic rings. The number of methoxy groups -OCH3 is 1. The van der Waals surface area contributed by atoms with E-state index in [1.807, 2.05) is 6.07 Å². The summed E-state index contributed by atoms with van der Waals surface area (Å²) in [6.45, 7) is 0. The lowest BCUT2D eigenvalue weighted by molar-refractivity contribution is -0.120. The fourth-order valence-corrected chi connectivity index (χ4v) is 2.85. The molecule has 10 heteroatoms. The first-order valence-electron chi connectivity index (χ1n) is 8.26. The fourth-order valence-electron chi connectivity index (χ4n) is 2.53. The number of benzene rings is 2. The van der Waals surface area contributed by atoms with Crippen molar-refractivity contribution < 1.29 is 22.7 Å². The van der Waals surface area contributed by atoms with E-state index in [0.29, 0.717) is 11.4 Å². The highest BCUT2D eigenvalue weighted by Gasteiger charge is 2.26. The van der Waals surface area contributed by atoms with Crippen molar-refractivity contribution in [2.24, 2.45) is 5.14 Å². The van der Waals surface area contributed by atoms with Crippen molar-refractivity contribution in [2.45, 2.75) is 12.5 Å². The Morgan fingerprint density at radius 1 is 1.11 bits per heavy atom. The predicted molar refractivity (Wildman–Crippen MR) is 105 cm³/mol. The Labute approximate surface area is 163 Å². The van der Waals surface area contributed by atoms with Crippen LogP contribution in [0.5, 0.6) is 5.75 Å². The molecule has 28 heavy (non-hydrogen) atoms. The van der Waals surface area contributed by atoms with Crippen LogP contribution in [0.4, 0.5) is 10.5 Å². The lowest BCUT2D eigenvalue weighted by Gasteiger charge is -2.25. The Kier molecular flexibility index (Phi) is 6.96. The molecule has 0 radical (unpaired) electrons. The maximum Gasteiger partial charge on any atom is 0.330 e. The van der Waals surface area contributed by atoms with Crippen molar-refractivity contribution in [3.05, 3.63) is 60.2 Å². The van der Waals surface area contributed by atoms with Crippen molar-refractivity contribution in [1.82, 2.24) is 10.0 Å². The van der Waals surface area contributed by atoms with Crippen molar-refractivity contribution in [2.75, 3.05) is 19.1 Å². The molecule has 3 amide bonds. The zero-order chi connectivity index (χ0) is 20.7. The topological polar surface area (TPSA) is 131 Å². The van der Waals surface area contributed by atoms with E-state index in [4.69, 9.17) is 9.88 Å². The number of rotatable bonds is 7. The van der Waals surface area contributed by atoms with E-state index in [9.17, 15) is 18.0 Å². The van der Waals surface area contributed by atoms with Crippen LogP contribution in [0.25, 0.3) is 0 Å². The van der Waals surface area contributed by atoms with Gasteiger partial charge < -0.3 is 15.0 Å². The second kappa shape index (κ2) is 9.20. The van der Waals surface area contributed by atoms with Crippen LogP contribution in [-0.4, -0.2) is 40.6 Å². The minimum atomic E-state index is -4.25. The third kappa shape index (κ3) is 6.25. The van der Waals surface area contributed by atoms with Crippen LogP contribution in [0.2, 0.25) is 0 Å². The van der Waals surface area contributed by atoms with Crippen LogP contribution in [0, 0.1) is 0 Å². The van der Waals surface area contributed by atoms with Crippen LogP contribution in [0.3, 0.4) is 0 Å². The smallest absolute Gasteiger partial charge is 0.330 e. The SMILES string of the molecule is COc1ccc(N(C)C(=O)[C@H](Cc2ccccc2)NC(=O)NS(N)(=O)=O)cc1. The summed E-state index contributed by atoms with van der Waals surface area (Å²) in [5.74, 6) is 0.203. The molecular weight excluding hydrogens is 384 g/mol. The van der Waals surface area contributed by atoms with Gasteiger partial charge in [-0.25, -0.2) is 14.7 Å². The average Bonchev–Trinajstić information content (AvgIpc) is 2.65. The Bertz CT molecular complexity index is 917. The summed E-state index contributed by atoms with van der Waals surface area (Å²) < 4.78 is 28.8. The molecule has 0 heterocycles. The summed E-state index contributed by atoms with van der Waals surface area (Å²) in [5, 5.41) is 7.18. The molecule has 0 aromatic heterocycles. The van der Waals surface area contributed by atoms with Crippen LogP contribution in [0.1, 0.15) is 5.56 Å². The molecule has 0 aliphatic heterocycles. The second-order valence-electron chi connectivity index (χ2n) is 5.96. The van der Waals surface area contributed by atoms with E-state index < -0.39 is 28.2 Å². The van der Waals surface area contributed by atoms with E-state index in [2.05, 4.69) is 5.32 Å². The highest BCUT2D eigenvalue weighted by atomic mass is 32.2. The van der Waals surface area contributed by atoms with Gasteiger partial charge in [-0.05, 0) is 29.8 Å². The highest BCUT2D eigenvalue weighted by molar-refractivity contribution is 7.87. The van der Waals surface area contributed by atoms with Gasteiger partial charge in [0, 0.05) is 19.2 Å². The number of carbonyl (C=O) groups excluding carboxylic acids is 2. The lowest BCUT2D eigenvalue weighted by Crippen LogP contribution is -2.53. The molecule has 0 saturated heterocycles. The second-order valence-corrected chi connectivity index (χ2v) is 7.25. The molecule has 0 saturated carbocycles. The summed E-state index contributed by atoms with van der Waals surface area (Å²) >= 11 is 0. The van der Waals surface area contributed by atoms with E-state index in [1.54, 1.807) is 60.3 Å². The highest BCUT2D eigenvalue weighted by Crippen LogP contribution is 2.19. The first kappa shape index (κ1) is 21.2. The van der Waals surface area contributed by atoms with Crippen LogP contribution in [-0.2, 0) is 21.4 Å². The van der Waals surface area contributed by atoms with Crippen molar-refractivity contribution >= 4 is 27.8 Å². The number of anilines is 1. The largest absolute Gasteiger partial charge is 0.497 e. The maximum atomic E-state index is 13.0. The van der Waals surface area contributed by atoms with Gasteiger partial charge >= 0.3 is 6.03 Å². The molecule has 150 valence electrons. The number of hydrogen-bond acceptors (Lipinski definition) is 5. The minimum absolute atomic E-state index is 0.165. The number of nitrogens with one attached hydrogen (secondary N) is 2. The van der Waals surface area contributed by atoms with Gasteiger partial charge in [0.25, 0.3) is 10.2 Å². The van der Waals surface area contributed by atoms with Gasteiger partial charge in [-0.1, -0.05) is 30.3 Å². The van der Waals surface area contributed by atoms with E-state index in [0.717, 1.165) is 5.56 Å². The number of ether oxygens (including phenoxy) is 1. The molecular formula is C18H22N4O5S. The molecule has 0 fully saturated rings. The lowest BCUT2D eigenvalue weighted by atomic mass is 10.0. The zero-order valence-corrected chi connectivity index (χ0v) is 16.3. The van der Waals surface area contributed by atoms with Gasteiger partial charge in [0.2, 0.25) is 5.91 Å². The molecule has 9 nitrogen and oxygen atoms in total. The Balaban J connectivity index is 2.22. The number of hydrogen-bond donors (Lipinski definition) is 3. The van der Waals surface area contributed by atoms with Gasteiger partial charge in [-0.2, -0.15) is 8.42 Å². The zero-order valence-electron chi connectivity index (χ0n) is 15.5. The van der Waals surface area contributed by atoms with E-state index in [-0.39, 0.29) is 6.42 Å². The van der Waals surface area contributed by atoms with Crippen LogP contribution >= 0.6 is 0 Å². The molecule has 2 aromatic rings. The van der Waals surface area contributed by atoms with Crippen LogP contribution in [0.15, 0.2) is 54.6 Å². The summed E-state index contributed by atoms with van der Waals surface area (Å²) in [4.78, 5) is 26.3. The summed E-state index contributed by atoms with van der Waals surface area (Å²) in [7, 11) is -1.16. The molecule has 0 bridgehead atoms. The molecule has 0 unspecified atom stereocenters. The number of likely N-dealkylation sites (N-methyl/N-ethyl adjacent to an activating group) is 1. The number of carbonyl (C=O) groups is 2. The monoisotopic (exact) mass is 406 g/mol. The summed E-state index contributed by atoms with van der Waals surface area (Å²) in [5.41, 5.74) is 1.37. The minimum Gasteiger partial charge on any atom is -0.497 e. The van der Waals surface area contributed by atoms with Gasteiger partial charge in [0.1, 0.15) is 11.8 Å². The molecule has 4 N–H and O–H groups in total. The van der Waals surface area contributed by atoms with E-state index >= 15 is 0 Å². The average molecular weight is 406 g/mol. The Morgan fingerprint density at radius 2 is 1.71 bits per heavy atom. The van der Waals surface area contributed by atoms with Gasteiger partial charge in [-0.3, -0.25) is 4.79 Å². The first-order chi connectivity index (χ1) is 13.2. The molecule has 2 rings (SSSR count). The number of amides is 3. The van der Waals surface area contributed by atoms with E-state index in [1.165, 1.54) is 12.0 Å². The fraction of sp³-hybridized carbons (Fsp3) is 0.222. The molecule has 0 aliphatic carbocycles. The summed E-state index contributed by atoms with van der Waals surface area (Å²) in [6, 6.07) is 13.7. The van der Waals surface area contributed by atoms with Gasteiger partial charge in [-0.15, -0.1) is 0 Å². The number of nitrogens with two attached hydrogens (primary N) is 1. The van der Waals surface area contributed by atoms with Gasteiger partial charge in [0.15, 0.2) is 0 Å². The Morgan fingerprint density at radius 3 is 2.25 bits per heavy atom. The molecule has 0 spiro atoms. The molecule has 2 aromatic carbocycles. The summed E-state index contributed by atoms with van der Waals surface area (Å²) in [6.07, 6.45) is 0.165. The normalized spacial score (nSPS) is 12.0. The third-order valence-corrected chi connectivity index (χ3v) is 4.38. The van der Waals surface area contributed by atoms with Crippen LogP contribution < -0.4 is 24.8 Å². The standard InChI is InChI=1S/C18H22N4O5S/c1-22(14-8-10-15(27-2)11-9-14)17(23)16(12-13-6-4-3-5-7-13)20-18(24)21-28(19,25)26/h3-11,16H,12H2,1-2H3,(H2,19,25,26)(H2,20,21,24)/t16-/m0/s1. The van der Waals surface area contributed by atoms with Crippen molar-refractivity contribution in [3.63, 3.8) is 0 Å². The third-order valence-electron chi connectivity index (χ3n) is 3.91. The van der Waals surface area contributed by atoms with Gasteiger partial charge in [0.05, 0.1) is 7.11 Å². The number of nitrogens with zero attached hydrogens (tertiary/aromatic N) is 1. The first-order valence-corrected chi connectivity index (χ1v) is 9.81. The Hall–Kier alpha value is -3.11.